The number of benzene rings is 1. The van der Waals surface area contributed by atoms with Crippen LogP contribution in [0.1, 0.15) is 16.2 Å². The lowest BCUT2D eigenvalue weighted by Gasteiger charge is -2.26. The summed E-state index contributed by atoms with van der Waals surface area (Å²) in [6.07, 6.45) is 0. The monoisotopic (exact) mass is 352 g/mol. The molecule has 1 fully saturated rings. The average Bonchev–Trinajstić information content (AvgIpc) is 2.62. The summed E-state index contributed by atoms with van der Waals surface area (Å²) >= 11 is 0. The molecular weight excluding hydrogens is 337 g/mol. The molecule has 1 saturated heterocycles. The third-order valence-corrected chi connectivity index (χ3v) is 3.65. The van der Waals surface area contributed by atoms with Gasteiger partial charge in [0.1, 0.15) is 5.69 Å². The second kappa shape index (κ2) is 7.06. The highest BCUT2D eigenvalue weighted by molar-refractivity contribution is 5.92. The predicted octanol–water partition coefficient (Wildman–Crippen LogP) is 2.42. The molecule has 2 aromatic rings. The van der Waals surface area contributed by atoms with E-state index in [1.807, 2.05) is 0 Å². The fourth-order valence-corrected chi connectivity index (χ4v) is 2.41. The molecule has 0 bridgehead atoms. The van der Waals surface area contributed by atoms with Crippen molar-refractivity contribution in [2.45, 2.75) is 6.92 Å². The maximum absolute atomic E-state index is 13.8. The number of ether oxygens (including phenoxy) is 1. The first-order valence-corrected chi connectivity index (χ1v) is 7.59. The summed E-state index contributed by atoms with van der Waals surface area (Å²) in [6, 6.07) is 3.32. The molecule has 9 heteroatoms. The summed E-state index contributed by atoms with van der Waals surface area (Å²) in [5.41, 5.74) is 0.270. The normalized spacial score (nSPS) is 14.5. The van der Waals surface area contributed by atoms with E-state index in [0.717, 1.165) is 12.1 Å². The van der Waals surface area contributed by atoms with Crippen LogP contribution in [0.15, 0.2) is 18.2 Å². The molecule has 1 N–H and O–H groups in total. The van der Waals surface area contributed by atoms with Crippen LogP contribution in [0.2, 0.25) is 0 Å². The third kappa shape index (κ3) is 3.71. The van der Waals surface area contributed by atoms with Crippen molar-refractivity contribution in [3.8, 4) is 0 Å². The van der Waals surface area contributed by atoms with E-state index in [0.29, 0.717) is 32.0 Å². The topological polar surface area (TPSA) is 67.4 Å². The Morgan fingerprint density at radius 3 is 2.60 bits per heavy atom. The molecule has 1 aliphatic rings. The Morgan fingerprint density at radius 2 is 1.88 bits per heavy atom. The van der Waals surface area contributed by atoms with Crippen molar-refractivity contribution in [3.05, 3.63) is 47.0 Å². The van der Waals surface area contributed by atoms with Gasteiger partial charge in [-0.1, -0.05) is 0 Å². The van der Waals surface area contributed by atoms with Gasteiger partial charge in [0.05, 0.1) is 18.9 Å². The molecular formula is C16H15F3N4O2. The Balaban J connectivity index is 1.87. The fourth-order valence-electron chi connectivity index (χ4n) is 2.41. The van der Waals surface area contributed by atoms with Crippen LogP contribution in [-0.2, 0) is 4.74 Å². The smallest absolute Gasteiger partial charge is 0.272 e. The van der Waals surface area contributed by atoms with Crippen molar-refractivity contribution in [3.63, 3.8) is 0 Å². The van der Waals surface area contributed by atoms with Gasteiger partial charge in [-0.05, 0) is 25.1 Å². The van der Waals surface area contributed by atoms with Crippen LogP contribution in [0.3, 0.4) is 0 Å². The van der Waals surface area contributed by atoms with Gasteiger partial charge in [0.15, 0.2) is 17.5 Å². The van der Waals surface area contributed by atoms with E-state index in [-0.39, 0.29) is 23.2 Å². The van der Waals surface area contributed by atoms with Gasteiger partial charge in [0, 0.05) is 18.8 Å². The predicted molar refractivity (Wildman–Crippen MR) is 83.1 cm³/mol. The van der Waals surface area contributed by atoms with Gasteiger partial charge in [0.25, 0.3) is 5.91 Å². The van der Waals surface area contributed by atoms with E-state index in [4.69, 9.17) is 4.74 Å². The number of rotatable bonds is 3. The maximum atomic E-state index is 13.8. The molecule has 6 nitrogen and oxygen atoms in total. The minimum absolute atomic E-state index is 0.0819. The molecule has 25 heavy (non-hydrogen) atoms. The Bertz CT molecular complexity index is 810. The van der Waals surface area contributed by atoms with Crippen molar-refractivity contribution in [2.24, 2.45) is 0 Å². The molecule has 1 aromatic carbocycles. The minimum Gasteiger partial charge on any atom is -0.378 e. The standard InChI is InChI=1S/C16H15F3N4O2/c1-9-8-12(15(24)23-4-6-25-7-5-23)22-16(20-9)21-11-3-2-10(17)13(18)14(11)19/h2-3,8H,4-7H2,1H3,(H,20,21,22). The zero-order chi connectivity index (χ0) is 18.0. The van der Waals surface area contributed by atoms with Crippen molar-refractivity contribution in [1.29, 1.82) is 0 Å². The highest BCUT2D eigenvalue weighted by Crippen LogP contribution is 2.22. The number of carbonyl (C=O) groups is 1. The quantitative estimate of drug-likeness (QED) is 0.860. The van der Waals surface area contributed by atoms with Gasteiger partial charge in [-0.3, -0.25) is 4.79 Å². The lowest BCUT2D eigenvalue weighted by molar-refractivity contribution is 0.0299. The number of nitrogens with one attached hydrogen (secondary N) is 1. The number of morpholine rings is 1. The summed E-state index contributed by atoms with van der Waals surface area (Å²) in [4.78, 5) is 22.2. The number of halogens is 3. The second-order valence-corrected chi connectivity index (χ2v) is 5.47. The van der Waals surface area contributed by atoms with E-state index < -0.39 is 17.5 Å². The zero-order valence-electron chi connectivity index (χ0n) is 13.4. The van der Waals surface area contributed by atoms with Crippen LogP contribution < -0.4 is 5.32 Å². The number of amides is 1. The van der Waals surface area contributed by atoms with Crippen molar-refractivity contribution >= 4 is 17.5 Å². The summed E-state index contributed by atoms with van der Waals surface area (Å²) in [5, 5.41) is 2.48. The lowest BCUT2D eigenvalue weighted by atomic mass is 10.2. The Kier molecular flexibility index (Phi) is 4.84. The van der Waals surface area contributed by atoms with Crippen molar-refractivity contribution in [2.75, 3.05) is 31.6 Å². The van der Waals surface area contributed by atoms with Crippen LogP contribution in [0.25, 0.3) is 0 Å². The molecule has 0 atom stereocenters. The highest BCUT2D eigenvalue weighted by Gasteiger charge is 2.21. The van der Waals surface area contributed by atoms with Crippen molar-refractivity contribution < 1.29 is 22.7 Å². The lowest BCUT2D eigenvalue weighted by Crippen LogP contribution is -2.41. The molecule has 1 aromatic heterocycles. The van der Waals surface area contributed by atoms with Crippen molar-refractivity contribution in [1.82, 2.24) is 14.9 Å². The maximum Gasteiger partial charge on any atom is 0.272 e. The first-order chi connectivity index (χ1) is 12.0. The van der Waals surface area contributed by atoms with E-state index in [1.165, 1.54) is 6.07 Å². The number of hydrogen-bond donors (Lipinski definition) is 1. The van der Waals surface area contributed by atoms with Gasteiger partial charge in [-0.25, -0.2) is 23.1 Å². The van der Waals surface area contributed by atoms with Gasteiger partial charge in [0.2, 0.25) is 5.95 Å². The third-order valence-electron chi connectivity index (χ3n) is 3.65. The zero-order valence-corrected chi connectivity index (χ0v) is 13.4. The molecule has 2 heterocycles. The first-order valence-electron chi connectivity index (χ1n) is 7.59. The number of nitrogens with zero attached hydrogens (tertiary/aromatic N) is 3. The van der Waals surface area contributed by atoms with Crippen LogP contribution >= 0.6 is 0 Å². The molecule has 1 aliphatic heterocycles. The van der Waals surface area contributed by atoms with Crippen LogP contribution in [0.4, 0.5) is 24.8 Å². The van der Waals surface area contributed by atoms with Crippen LogP contribution in [0.5, 0.6) is 0 Å². The second-order valence-electron chi connectivity index (χ2n) is 5.47. The SMILES string of the molecule is Cc1cc(C(=O)N2CCOCC2)nc(Nc2ccc(F)c(F)c2F)n1. The molecule has 132 valence electrons. The minimum atomic E-state index is -1.60. The summed E-state index contributed by atoms with van der Waals surface area (Å²) in [6.45, 7) is 3.43. The summed E-state index contributed by atoms with van der Waals surface area (Å²) < 4.78 is 45.3. The molecule has 0 spiro atoms. The molecule has 0 unspecified atom stereocenters. The number of anilines is 2. The Hall–Kier alpha value is -2.68. The molecule has 0 saturated carbocycles. The van der Waals surface area contributed by atoms with Crippen LogP contribution in [0, 0.1) is 24.4 Å². The average molecular weight is 352 g/mol. The number of carbonyl (C=O) groups excluding carboxylic acids is 1. The summed E-state index contributed by atoms with van der Waals surface area (Å²) in [7, 11) is 0. The Labute approximate surface area is 141 Å². The fraction of sp³-hybridized carbons (Fsp3) is 0.312. The molecule has 3 rings (SSSR count). The number of hydrogen-bond acceptors (Lipinski definition) is 5. The molecule has 0 aliphatic carbocycles. The number of aromatic nitrogens is 2. The van der Waals surface area contributed by atoms with E-state index >= 15 is 0 Å². The highest BCUT2D eigenvalue weighted by atomic mass is 19.2. The first kappa shape index (κ1) is 17.2. The van der Waals surface area contributed by atoms with E-state index in [1.54, 1.807) is 11.8 Å². The molecule has 0 radical (unpaired) electrons. The van der Waals surface area contributed by atoms with Crippen LogP contribution in [-0.4, -0.2) is 47.1 Å². The van der Waals surface area contributed by atoms with E-state index in [9.17, 15) is 18.0 Å². The van der Waals surface area contributed by atoms with Gasteiger partial charge in [-0.15, -0.1) is 0 Å². The van der Waals surface area contributed by atoms with E-state index in [2.05, 4.69) is 15.3 Å². The molecule has 1 amide bonds. The van der Waals surface area contributed by atoms with Gasteiger partial charge < -0.3 is 15.0 Å². The van der Waals surface area contributed by atoms with Gasteiger partial charge >= 0.3 is 0 Å². The number of aryl methyl sites for hydroxylation is 1. The largest absolute Gasteiger partial charge is 0.378 e. The van der Waals surface area contributed by atoms with Gasteiger partial charge in [-0.2, -0.15) is 0 Å². The Morgan fingerprint density at radius 1 is 1.16 bits per heavy atom. The summed E-state index contributed by atoms with van der Waals surface area (Å²) in [5.74, 6) is -4.66.